The molecule has 1 N–H and O–H groups in total. The van der Waals surface area contributed by atoms with Crippen molar-refractivity contribution in [1.29, 1.82) is 0 Å². The summed E-state index contributed by atoms with van der Waals surface area (Å²) < 4.78 is 2.16. The Balaban J connectivity index is 2.07. The maximum Gasteiger partial charge on any atom is 0.0997 e. The van der Waals surface area contributed by atoms with Crippen LogP contribution in [0.2, 0.25) is 0 Å². The van der Waals surface area contributed by atoms with Crippen molar-refractivity contribution in [2.24, 2.45) is 0 Å². The molecular weight excluding hydrogens is 210 g/mol. The Labute approximate surface area is 101 Å². The van der Waals surface area contributed by atoms with Gasteiger partial charge in [0.15, 0.2) is 0 Å². The average molecular weight is 227 g/mol. The second kappa shape index (κ2) is 3.91. The molecule has 2 heterocycles. The number of rotatable bonds is 1. The quantitative estimate of drug-likeness (QED) is 0.812. The van der Waals surface area contributed by atoms with Gasteiger partial charge in [-0.25, -0.2) is 4.98 Å². The van der Waals surface area contributed by atoms with Crippen molar-refractivity contribution in [3.8, 4) is 5.69 Å². The Kier molecular flexibility index (Phi) is 2.39. The van der Waals surface area contributed by atoms with Crippen LogP contribution in [0.5, 0.6) is 0 Å². The molecular formula is C14H17N3. The normalized spacial score (nSPS) is 14.2. The lowest BCUT2D eigenvalue weighted by atomic mass is 10.0. The lowest BCUT2D eigenvalue weighted by Crippen LogP contribution is -2.12. The molecule has 17 heavy (non-hydrogen) atoms. The Hall–Kier alpha value is -1.77. The summed E-state index contributed by atoms with van der Waals surface area (Å²) in [7, 11) is 0. The number of anilines is 1. The van der Waals surface area contributed by atoms with Crippen LogP contribution in [-0.2, 0) is 6.42 Å². The van der Waals surface area contributed by atoms with Gasteiger partial charge in [0.25, 0.3) is 0 Å². The highest BCUT2D eigenvalue weighted by atomic mass is 15.1. The van der Waals surface area contributed by atoms with Gasteiger partial charge >= 0.3 is 0 Å². The smallest absolute Gasteiger partial charge is 0.0997 e. The molecule has 0 unspecified atom stereocenters. The van der Waals surface area contributed by atoms with Gasteiger partial charge in [-0.15, -0.1) is 0 Å². The summed E-state index contributed by atoms with van der Waals surface area (Å²) in [6.45, 7) is 5.25. The van der Waals surface area contributed by atoms with E-state index >= 15 is 0 Å². The third-order valence-corrected chi connectivity index (χ3v) is 3.56. The monoisotopic (exact) mass is 227 g/mol. The summed E-state index contributed by atoms with van der Waals surface area (Å²) >= 11 is 0. The minimum absolute atomic E-state index is 1.09. The van der Waals surface area contributed by atoms with Crippen LogP contribution in [0.4, 0.5) is 5.69 Å². The Morgan fingerprint density at radius 3 is 2.94 bits per heavy atom. The molecule has 0 bridgehead atoms. The molecule has 0 radical (unpaired) electrons. The van der Waals surface area contributed by atoms with Crippen molar-refractivity contribution in [1.82, 2.24) is 9.55 Å². The van der Waals surface area contributed by atoms with E-state index < -0.39 is 0 Å². The summed E-state index contributed by atoms with van der Waals surface area (Å²) in [5.74, 6) is 0. The lowest BCUT2D eigenvalue weighted by Gasteiger charge is -2.19. The third-order valence-electron chi connectivity index (χ3n) is 3.56. The predicted molar refractivity (Wildman–Crippen MR) is 69.8 cm³/mol. The molecule has 1 aliphatic rings. The fraction of sp³-hybridized carbons (Fsp3) is 0.357. The number of aromatic nitrogens is 2. The van der Waals surface area contributed by atoms with E-state index in [-0.39, 0.29) is 0 Å². The van der Waals surface area contributed by atoms with Gasteiger partial charge in [-0.05, 0) is 50.5 Å². The molecule has 3 nitrogen and oxygen atoms in total. The minimum atomic E-state index is 1.09. The molecule has 3 heteroatoms. The Bertz CT molecular complexity index is 555. The maximum absolute atomic E-state index is 4.35. The van der Waals surface area contributed by atoms with Crippen molar-refractivity contribution in [3.05, 3.63) is 41.5 Å². The number of hydrogen-bond acceptors (Lipinski definition) is 2. The highest BCUT2D eigenvalue weighted by Crippen LogP contribution is 2.25. The van der Waals surface area contributed by atoms with E-state index in [2.05, 4.69) is 40.0 Å². The first-order valence-corrected chi connectivity index (χ1v) is 6.13. The van der Waals surface area contributed by atoms with E-state index in [0.717, 1.165) is 12.2 Å². The maximum atomic E-state index is 4.35. The van der Waals surface area contributed by atoms with Crippen LogP contribution in [0.15, 0.2) is 24.5 Å². The van der Waals surface area contributed by atoms with E-state index in [4.69, 9.17) is 0 Å². The van der Waals surface area contributed by atoms with Crippen molar-refractivity contribution in [3.63, 3.8) is 0 Å². The SMILES string of the molecule is Cc1ncn(-c2ccc3c(c2)CCCN3)c1C. The van der Waals surface area contributed by atoms with Crippen LogP contribution in [0, 0.1) is 13.8 Å². The molecule has 0 fully saturated rings. The van der Waals surface area contributed by atoms with Crippen molar-refractivity contribution in [2.75, 3.05) is 11.9 Å². The highest BCUT2D eigenvalue weighted by Gasteiger charge is 2.10. The number of nitrogens with zero attached hydrogens (tertiary/aromatic N) is 2. The fourth-order valence-corrected chi connectivity index (χ4v) is 2.37. The van der Waals surface area contributed by atoms with Crippen LogP contribution in [0.1, 0.15) is 23.4 Å². The van der Waals surface area contributed by atoms with Gasteiger partial charge in [0.2, 0.25) is 0 Å². The number of fused-ring (bicyclic) bond motifs is 1. The number of nitrogens with one attached hydrogen (secondary N) is 1. The molecule has 0 amide bonds. The summed E-state index contributed by atoms with van der Waals surface area (Å²) in [5.41, 5.74) is 6.23. The Morgan fingerprint density at radius 2 is 2.18 bits per heavy atom. The van der Waals surface area contributed by atoms with Crippen molar-refractivity contribution < 1.29 is 0 Å². The van der Waals surface area contributed by atoms with Gasteiger partial charge in [-0.3, -0.25) is 0 Å². The average Bonchev–Trinajstić information content (AvgIpc) is 2.70. The van der Waals surface area contributed by atoms with Crippen LogP contribution in [0.3, 0.4) is 0 Å². The van der Waals surface area contributed by atoms with E-state index in [1.807, 2.05) is 13.3 Å². The third kappa shape index (κ3) is 1.71. The Morgan fingerprint density at radius 1 is 1.29 bits per heavy atom. The van der Waals surface area contributed by atoms with E-state index in [9.17, 15) is 0 Å². The zero-order valence-corrected chi connectivity index (χ0v) is 10.3. The molecule has 2 aromatic rings. The number of imidazole rings is 1. The topological polar surface area (TPSA) is 29.9 Å². The molecule has 1 aromatic carbocycles. The summed E-state index contributed by atoms with van der Waals surface area (Å²) in [4.78, 5) is 4.35. The van der Waals surface area contributed by atoms with Crippen LogP contribution in [0.25, 0.3) is 5.69 Å². The van der Waals surface area contributed by atoms with E-state index in [0.29, 0.717) is 0 Å². The second-order valence-corrected chi connectivity index (χ2v) is 4.66. The first-order valence-electron chi connectivity index (χ1n) is 6.13. The van der Waals surface area contributed by atoms with Crippen LogP contribution in [-0.4, -0.2) is 16.1 Å². The van der Waals surface area contributed by atoms with Gasteiger partial charge in [-0.2, -0.15) is 0 Å². The van der Waals surface area contributed by atoms with Gasteiger partial charge in [0, 0.05) is 23.6 Å². The molecule has 0 atom stereocenters. The number of benzene rings is 1. The summed E-state index contributed by atoms with van der Waals surface area (Å²) in [5, 5.41) is 3.44. The first-order chi connectivity index (χ1) is 8.25. The zero-order chi connectivity index (χ0) is 11.8. The summed E-state index contributed by atoms with van der Waals surface area (Å²) in [6.07, 6.45) is 4.30. The molecule has 0 saturated carbocycles. The standard InChI is InChI=1S/C14H17N3/c1-10-11(2)17(9-16-10)13-5-6-14-12(8-13)4-3-7-15-14/h5-6,8-9,15H,3-4,7H2,1-2H3. The van der Waals surface area contributed by atoms with Gasteiger partial charge in [0.1, 0.15) is 0 Å². The van der Waals surface area contributed by atoms with Gasteiger partial charge in [-0.1, -0.05) is 0 Å². The highest BCUT2D eigenvalue weighted by molar-refractivity contribution is 5.57. The van der Waals surface area contributed by atoms with Crippen molar-refractivity contribution >= 4 is 5.69 Å². The number of hydrogen-bond donors (Lipinski definition) is 1. The molecule has 1 aromatic heterocycles. The van der Waals surface area contributed by atoms with Crippen molar-refractivity contribution in [2.45, 2.75) is 26.7 Å². The lowest BCUT2D eigenvalue weighted by molar-refractivity contribution is 0.827. The largest absolute Gasteiger partial charge is 0.385 e. The van der Waals surface area contributed by atoms with Gasteiger partial charge in [0.05, 0.1) is 12.0 Å². The predicted octanol–water partition coefficient (Wildman–Crippen LogP) is 2.85. The molecule has 0 spiro atoms. The summed E-state index contributed by atoms with van der Waals surface area (Å²) in [6, 6.07) is 6.61. The van der Waals surface area contributed by atoms with Gasteiger partial charge < -0.3 is 9.88 Å². The fourth-order valence-electron chi connectivity index (χ4n) is 2.37. The first kappa shape index (κ1) is 10.4. The van der Waals surface area contributed by atoms with Crippen LogP contribution < -0.4 is 5.32 Å². The molecule has 88 valence electrons. The molecule has 0 saturated heterocycles. The molecule has 0 aliphatic carbocycles. The van der Waals surface area contributed by atoms with Crippen LogP contribution >= 0.6 is 0 Å². The second-order valence-electron chi connectivity index (χ2n) is 4.66. The molecule has 3 rings (SSSR count). The van der Waals surface area contributed by atoms with E-state index in [1.165, 1.54) is 35.5 Å². The minimum Gasteiger partial charge on any atom is -0.385 e. The number of aryl methyl sites for hydroxylation is 2. The zero-order valence-electron chi connectivity index (χ0n) is 10.3. The molecule has 1 aliphatic heterocycles. The van der Waals surface area contributed by atoms with E-state index in [1.54, 1.807) is 0 Å².